The van der Waals surface area contributed by atoms with Crippen LogP contribution in [-0.4, -0.2) is 87.1 Å². The van der Waals surface area contributed by atoms with Crippen LogP contribution in [-0.2, 0) is 27.4 Å². The number of nitrogens with zero attached hydrogens (tertiary/aromatic N) is 5. The van der Waals surface area contributed by atoms with Gasteiger partial charge in [-0.25, -0.2) is 4.68 Å². The highest BCUT2D eigenvalue weighted by molar-refractivity contribution is 6.05. The third-order valence-electron chi connectivity index (χ3n) is 7.98. The van der Waals surface area contributed by atoms with E-state index in [0.717, 1.165) is 29.4 Å². The Balaban J connectivity index is 1.23. The Hall–Kier alpha value is -3.86. The van der Waals surface area contributed by atoms with Gasteiger partial charge in [0, 0.05) is 25.9 Å². The molecule has 42 heavy (non-hydrogen) atoms. The predicted octanol–water partition coefficient (Wildman–Crippen LogP) is 1.49. The third kappa shape index (κ3) is 6.30. The molecule has 12 heteroatoms. The first-order valence-electron chi connectivity index (χ1n) is 14.1. The van der Waals surface area contributed by atoms with E-state index >= 15 is 0 Å². The topological polar surface area (TPSA) is 166 Å². The molecule has 2 fully saturated rings. The van der Waals surface area contributed by atoms with Gasteiger partial charge in [0.1, 0.15) is 41.8 Å². The Kier molecular flexibility index (Phi) is 9.15. The molecule has 5 unspecified atom stereocenters. The first-order valence-corrected chi connectivity index (χ1v) is 14.1. The molecule has 5 rings (SSSR count). The summed E-state index contributed by atoms with van der Waals surface area (Å²) in [7, 11) is 1.32. The van der Waals surface area contributed by atoms with Crippen molar-refractivity contribution in [2.24, 2.45) is 0 Å². The van der Waals surface area contributed by atoms with Crippen LogP contribution in [0.4, 0.5) is 5.69 Å². The van der Waals surface area contributed by atoms with E-state index in [4.69, 9.17) is 9.47 Å². The number of allylic oxidation sites excluding steroid dienone is 1. The fraction of sp³-hybridized carbons (Fsp3) is 0.467. The van der Waals surface area contributed by atoms with E-state index in [1.165, 1.54) is 36.7 Å². The highest BCUT2D eigenvalue weighted by Gasteiger charge is 2.44. The van der Waals surface area contributed by atoms with Gasteiger partial charge in [0.25, 0.3) is 5.91 Å². The van der Waals surface area contributed by atoms with Gasteiger partial charge in [-0.15, -0.1) is 5.10 Å². The molecular weight excluding hydrogens is 540 g/mol. The van der Waals surface area contributed by atoms with Crippen molar-refractivity contribution in [1.82, 2.24) is 20.3 Å². The lowest BCUT2D eigenvalue weighted by Gasteiger charge is -2.39. The van der Waals surface area contributed by atoms with Crippen molar-refractivity contribution in [2.45, 2.75) is 70.0 Å². The molecule has 0 aliphatic carbocycles. The molecule has 3 aromatic rings. The smallest absolute Gasteiger partial charge is 0.262 e. The maximum Gasteiger partial charge on any atom is 0.262 e. The highest BCUT2D eigenvalue weighted by atomic mass is 16.7. The number of piperidine rings is 1. The van der Waals surface area contributed by atoms with Crippen molar-refractivity contribution >= 4 is 27.9 Å². The van der Waals surface area contributed by atoms with Gasteiger partial charge in [-0.2, -0.15) is 5.26 Å². The number of nitriles is 1. The van der Waals surface area contributed by atoms with Crippen LogP contribution in [0.15, 0.2) is 48.2 Å². The number of carbonyl (C=O) groups excluding carboxylic acids is 1. The Morgan fingerprint density at radius 3 is 2.57 bits per heavy atom. The van der Waals surface area contributed by atoms with E-state index < -0.39 is 36.6 Å². The molecule has 222 valence electrons. The number of carbonyl (C=O) groups is 1. The van der Waals surface area contributed by atoms with Crippen LogP contribution in [0.5, 0.6) is 0 Å². The van der Waals surface area contributed by atoms with Gasteiger partial charge in [0.05, 0.1) is 19.3 Å². The number of aromatic nitrogens is 3. The number of amides is 1. The average molecular weight is 577 g/mol. The van der Waals surface area contributed by atoms with E-state index in [2.05, 4.69) is 38.7 Å². The van der Waals surface area contributed by atoms with Gasteiger partial charge in [-0.05, 0) is 66.3 Å². The standard InChI is InChI=1S/C30H36N6O6/c1-18(19-6-7-21-13-23(9-8-20(21)12-19)35-10-4-3-5-11-35)24(14-31)29(40)32-15-22-16-36(34-33-22)17-25-26(37)27(38)28(39)30(41-2)42-25/h6-9,12-13,16,25-28,30,37-39H,3-5,10-11,15,17H2,1-2H3,(H,32,40)/b24-18+. The van der Waals surface area contributed by atoms with Crippen molar-refractivity contribution in [3.05, 3.63) is 59.4 Å². The van der Waals surface area contributed by atoms with Crippen LogP contribution in [0.3, 0.4) is 0 Å². The van der Waals surface area contributed by atoms with Gasteiger partial charge in [-0.1, -0.05) is 23.4 Å². The van der Waals surface area contributed by atoms with Crippen LogP contribution in [0.25, 0.3) is 16.3 Å². The number of rotatable bonds is 8. The minimum Gasteiger partial charge on any atom is -0.388 e. The molecule has 12 nitrogen and oxygen atoms in total. The summed E-state index contributed by atoms with van der Waals surface area (Å²) >= 11 is 0. The van der Waals surface area contributed by atoms with E-state index in [9.17, 15) is 25.4 Å². The first kappa shape index (κ1) is 29.6. The molecular formula is C30H36N6O6. The van der Waals surface area contributed by atoms with Crippen molar-refractivity contribution in [2.75, 3.05) is 25.1 Å². The average Bonchev–Trinajstić information content (AvgIpc) is 3.47. The molecule has 2 saturated heterocycles. The van der Waals surface area contributed by atoms with Crippen LogP contribution in [0.1, 0.15) is 37.4 Å². The molecule has 3 heterocycles. The minimum atomic E-state index is -1.45. The molecule has 2 aliphatic rings. The molecule has 2 aliphatic heterocycles. The Bertz CT molecular complexity index is 1490. The Labute approximate surface area is 243 Å². The number of fused-ring (bicyclic) bond motifs is 1. The van der Waals surface area contributed by atoms with Crippen molar-refractivity contribution in [3.63, 3.8) is 0 Å². The second-order valence-electron chi connectivity index (χ2n) is 10.8. The number of aliphatic hydroxyl groups is 3. The number of benzene rings is 2. The molecule has 0 spiro atoms. The quantitative estimate of drug-likeness (QED) is 0.228. The van der Waals surface area contributed by atoms with E-state index in [1.54, 1.807) is 13.1 Å². The molecule has 2 aromatic carbocycles. The third-order valence-corrected chi connectivity index (χ3v) is 7.98. The number of hydrogen-bond acceptors (Lipinski definition) is 10. The predicted molar refractivity (Wildman–Crippen MR) is 154 cm³/mol. The Morgan fingerprint density at radius 2 is 1.83 bits per heavy atom. The van der Waals surface area contributed by atoms with Crippen LogP contribution < -0.4 is 10.2 Å². The van der Waals surface area contributed by atoms with Gasteiger partial charge < -0.3 is 35.0 Å². The highest BCUT2D eigenvalue weighted by Crippen LogP contribution is 2.28. The lowest BCUT2D eigenvalue weighted by Crippen LogP contribution is -2.58. The van der Waals surface area contributed by atoms with E-state index in [-0.39, 0.29) is 18.7 Å². The SMILES string of the molecule is COC1OC(Cn2cc(CNC(=O)/C(C#N)=C(\C)c3ccc4cc(N5CCCCC5)ccc4c3)nn2)C(O)C(O)C1O. The first-order chi connectivity index (χ1) is 20.3. The molecule has 0 bridgehead atoms. The second-order valence-corrected chi connectivity index (χ2v) is 10.8. The van der Waals surface area contributed by atoms with Gasteiger partial charge in [-0.3, -0.25) is 4.79 Å². The molecule has 4 N–H and O–H groups in total. The lowest BCUT2D eigenvalue weighted by atomic mass is 9.98. The van der Waals surface area contributed by atoms with Crippen molar-refractivity contribution in [3.8, 4) is 6.07 Å². The van der Waals surface area contributed by atoms with Gasteiger partial charge in [0.2, 0.25) is 0 Å². The summed E-state index contributed by atoms with van der Waals surface area (Å²) in [6.45, 7) is 3.95. The fourth-order valence-electron chi connectivity index (χ4n) is 5.48. The lowest BCUT2D eigenvalue weighted by molar-refractivity contribution is -0.292. The molecule has 0 saturated carbocycles. The summed E-state index contributed by atoms with van der Waals surface area (Å²) in [5, 5.41) is 53.0. The summed E-state index contributed by atoms with van der Waals surface area (Å²) in [6, 6.07) is 14.4. The monoisotopic (exact) mass is 576 g/mol. The maximum absolute atomic E-state index is 13.0. The molecule has 1 aromatic heterocycles. The molecule has 1 amide bonds. The second kappa shape index (κ2) is 13.0. The van der Waals surface area contributed by atoms with Crippen molar-refractivity contribution < 1.29 is 29.6 Å². The minimum absolute atomic E-state index is 0.00330. The zero-order chi connectivity index (χ0) is 29.8. The summed E-state index contributed by atoms with van der Waals surface area (Å²) in [5.74, 6) is -0.531. The van der Waals surface area contributed by atoms with Crippen LogP contribution >= 0.6 is 0 Å². The fourth-order valence-corrected chi connectivity index (χ4v) is 5.48. The summed E-state index contributed by atoms with van der Waals surface area (Å²) < 4.78 is 11.9. The molecule has 0 radical (unpaired) electrons. The zero-order valence-electron chi connectivity index (χ0n) is 23.7. The molecule has 5 atom stereocenters. The van der Waals surface area contributed by atoms with Crippen molar-refractivity contribution in [1.29, 1.82) is 5.26 Å². The maximum atomic E-state index is 13.0. The van der Waals surface area contributed by atoms with Crippen LogP contribution in [0.2, 0.25) is 0 Å². The van der Waals surface area contributed by atoms with Gasteiger partial charge >= 0.3 is 0 Å². The normalized spacial score (nSPS) is 25.1. The zero-order valence-corrected chi connectivity index (χ0v) is 23.7. The van der Waals surface area contributed by atoms with Gasteiger partial charge in [0.15, 0.2) is 6.29 Å². The van der Waals surface area contributed by atoms with E-state index in [1.807, 2.05) is 24.3 Å². The Morgan fingerprint density at radius 1 is 1.10 bits per heavy atom. The van der Waals surface area contributed by atoms with Crippen LogP contribution in [0, 0.1) is 11.3 Å². The number of nitrogens with one attached hydrogen (secondary N) is 1. The summed E-state index contributed by atoms with van der Waals surface area (Å²) in [4.78, 5) is 15.4. The number of ether oxygens (including phenoxy) is 2. The number of anilines is 1. The number of methoxy groups -OCH3 is 1. The largest absolute Gasteiger partial charge is 0.388 e. The number of aliphatic hydroxyl groups excluding tert-OH is 3. The summed E-state index contributed by atoms with van der Waals surface area (Å²) in [6.07, 6.45) is -0.954. The number of hydrogen-bond donors (Lipinski definition) is 4. The summed E-state index contributed by atoms with van der Waals surface area (Å²) in [5.41, 5.74) is 3.00. The van der Waals surface area contributed by atoms with E-state index in [0.29, 0.717) is 11.3 Å².